The van der Waals surface area contributed by atoms with Crippen molar-refractivity contribution in [3.8, 4) is 0 Å². The second kappa shape index (κ2) is 4.42. The molecule has 2 unspecified atom stereocenters. The van der Waals surface area contributed by atoms with Crippen LogP contribution in [0.25, 0.3) is 0 Å². The summed E-state index contributed by atoms with van der Waals surface area (Å²) in [6, 6.07) is 0. The molecule has 0 heterocycles. The molecule has 0 aromatic heterocycles. The van der Waals surface area contributed by atoms with Gasteiger partial charge in [-0.3, -0.25) is 4.79 Å². The Hall–Kier alpha value is -0.153. The predicted molar refractivity (Wildman–Crippen MR) is 81.7 cm³/mol. The molecule has 0 N–H and O–H groups in total. The van der Waals surface area contributed by atoms with E-state index in [0.29, 0.717) is 11.7 Å². The molecule has 0 aromatic rings. The van der Waals surface area contributed by atoms with Gasteiger partial charge in [0.05, 0.1) is 6.10 Å². The predicted octanol–water partition coefficient (Wildman–Crippen LogP) is 4.40. The molecular formula is C16H30O2Si. The lowest BCUT2D eigenvalue weighted by molar-refractivity contribution is -0.126. The van der Waals surface area contributed by atoms with Gasteiger partial charge in [0.15, 0.2) is 8.32 Å². The molecule has 2 fully saturated rings. The summed E-state index contributed by atoms with van der Waals surface area (Å²) in [6.45, 7) is 15.9. The minimum absolute atomic E-state index is 0.139. The standard InChI is InChI=1S/C16H30O2Si/c1-15(2,3)19(6,7)18-13-9-8-11-10-12(17)14(13)16(11,4)5/h11,13-14H,8-10H2,1-7H3/t11?,13-,14?/m1/s1. The Balaban J connectivity index is 2.21. The van der Waals surface area contributed by atoms with Crippen LogP contribution in [0.2, 0.25) is 18.1 Å². The first-order valence-electron chi connectivity index (χ1n) is 7.67. The highest BCUT2D eigenvalue weighted by molar-refractivity contribution is 6.74. The number of fused-ring (bicyclic) bond motifs is 2. The Bertz CT molecular complexity index is 379. The molecule has 19 heavy (non-hydrogen) atoms. The van der Waals surface area contributed by atoms with E-state index in [4.69, 9.17) is 4.43 Å². The molecule has 0 amide bonds. The van der Waals surface area contributed by atoms with E-state index < -0.39 is 8.32 Å². The highest BCUT2D eigenvalue weighted by Gasteiger charge is 2.56. The Morgan fingerprint density at radius 1 is 1.21 bits per heavy atom. The van der Waals surface area contributed by atoms with Gasteiger partial charge in [0.1, 0.15) is 5.78 Å². The van der Waals surface area contributed by atoms with Crippen molar-refractivity contribution in [2.45, 2.75) is 78.1 Å². The lowest BCUT2D eigenvalue weighted by Gasteiger charge is -2.46. The summed E-state index contributed by atoms with van der Waals surface area (Å²) >= 11 is 0. The molecule has 3 heteroatoms. The van der Waals surface area contributed by atoms with Crippen molar-refractivity contribution in [3.63, 3.8) is 0 Å². The lowest BCUT2D eigenvalue weighted by atomic mass is 9.66. The molecule has 2 rings (SSSR count). The normalized spacial score (nSPS) is 34.7. The van der Waals surface area contributed by atoms with Crippen LogP contribution in [0.15, 0.2) is 0 Å². The Labute approximate surface area is 119 Å². The molecule has 110 valence electrons. The van der Waals surface area contributed by atoms with E-state index in [-0.39, 0.29) is 22.5 Å². The van der Waals surface area contributed by atoms with Crippen LogP contribution in [0.5, 0.6) is 0 Å². The minimum Gasteiger partial charge on any atom is -0.413 e. The van der Waals surface area contributed by atoms with Gasteiger partial charge in [0.2, 0.25) is 0 Å². The molecule has 0 saturated heterocycles. The second-order valence-electron chi connectivity index (χ2n) is 8.66. The fraction of sp³-hybridized carbons (Fsp3) is 0.938. The first-order valence-corrected chi connectivity index (χ1v) is 10.6. The third-order valence-electron chi connectivity index (χ3n) is 6.07. The molecule has 2 aliphatic rings. The highest BCUT2D eigenvalue weighted by Crippen LogP contribution is 2.55. The largest absolute Gasteiger partial charge is 0.413 e. The summed E-state index contributed by atoms with van der Waals surface area (Å²) in [5.74, 6) is 1.18. The maximum atomic E-state index is 12.4. The van der Waals surface area contributed by atoms with E-state index in [1.54, 1.807) is 0 Å². The molecule has 0 spiro atoms. The van der Waals surface area contributed by atoms with Gasteiger partial charge in [0, 0.05) is 12.3 Å². The molecule has 0 radical (unpaired) electrons. The maximum absolute atomic E-state index is 12.4. The topological polar surface area (TPSA) is 26.3 Å². The monoisotopic (exact) mass is 282 g/mol. The van der Waals surface area contributed by atoms with Crippen molar-refractivity contribution in [2.24, 2.45) is 17.3 Å². The summed E-state index contributed by atoms with van der Waals surface area (Å²) < 4.78 is 6.60. The number of carbonyl (C=O) groups excluding carboxylic acids is 1. The molecule has 0 aliphatic heterocycles. The van der Waals surface area contributed by atoms with Gasteiger partial charge < -0.3 is 4.43 Å². The minimum atomic E-state index is -1.78. The Kier molecular flexibility index (Phi) is 3.55. The SMILES string of the molecule is CC1(C)C2CC[C@@H](O[Si](C)(C)C(C)(C)C)C1C(=O)C2. The number of carbonyl (C=O) groups is 1. The van der Waals surface area contributed by atoms with Crippen molar-refractivity contribution < 1.29 is 9.22 Å². The number of ketones is 1. The smallest absolute Gasteiger partial charge is 0.192 e. The number of Topliss-reactive ketones (excluding diaryl/α,β-unsaturated/α-hetero) is 1. The second-order valence-corrected chi connectivity index (χ2v) is 13.4. The molecular weight excluding hydrogens is 252 g/mol. The highest BCUT2D eigenvalue weighted by atomic mass is 28.4. The van der Waals surface area contributed by atoms with E-state index in [9.17, 15) is 4.79 Å². The zero-order valence-electron chi connectivity index (χ0n) is 13.7. The molecule has 2 bridgehead atoms. The summed E-state index contributed by atoms with van der Waals surface area (Å²) in [4.78, 5) is 12.4. The fourth-order valence-electron chi connectivity index (χ4n) is 3.68. The third kappa shape index (κ3) is 2.44. The van der Waals surface area contributed by atoms with Crippen molar-refractivity contribution in [1.29, 1.82) is 0 Å². The van der Waals surface area contributed by atoms with Gasteiger partial charge in [-0.05, 0) is 42.3 Å². The molecule has 0 aromatic carbocycles. The van der Waals surface area contributed by atoms with Crippen LogP contribution in [0.1, 0.15) is 53.9 Å². The molecule has 2 nitrogen and oxygen atoms in total. The van der Waals surface area contributed by atoms with E-state index in [1.165, 1.54) is 0 Å². The van der Waals surface area contributed by atoms with Gasteiger partial charge in [-0.15, -0.1) is 0 Å². The van der Waals surface area contributed by atoms with Crippen LogP contribution in [-0.2, 0) is 9.22 Å². The number of hydrogen-bond acceptors (Lipinski definition) is 2. The summed E-state index contributed by atoms with van der Waals surface area (Å²) in [7, 11) is -1.78. The van der Waals surface area contributed by atoms with Crippen molar-refractivity contribution in [3.05, 3.63) is 0 Å². The zero-order valence-corrected chi connectivity index (χ0v) is 14.7. The summed E-state index contributed by atoms with van der Waals surface area (Å²) in [6.07, 6.45) is 3.20. The first-order chi connectivity index (χ1) is 8.47. The Morgan fingerprint density at radius 3 is 2.32 bits per heavy atom. The molecule has 3 atom stereocenters. The van der Waals surface area contributed by atoms with Crippen molar-refractivity contribution >= 4 is 14.1 Å². The van der Waals surface area contributed by atoms with E-state index in [0.717, 1.165) is 19.3 Å². The van der Waals surface area contributed by atoms with Gasteiger partial charge >= 0.3 is 0 Å². The van der Waals surface area contributed by atoms with E-state index in [1.807, 2.05) is 0 Å². The van der Waals surface area contributed by atoms with Crippen molar-refractivity contribution in [1.82, 2.24) is 0 Å². The van der Waals surface area contributed by atoms with Gasteiger partial charge in [-0.1, -0.05) is 34.6 Å². The van der Waals surface area contributed by atoms with Gasteiger partial charge in [-0.2, -0.15) is 0 Å². The lowest BCUT2D eigenvalue weighted by Crippen LogP contribution is -2.50. The number of hydrogen-bond donors (Lipinski definition) is 0. The summed E-state index contributed by atoms with van der Waals surface area (Å²) in [5.41, 5.74) is 0.141. The quantitative estimate of drug-likeness (QED) is 0.702. The average molecular weight is 282 g/mol. The third-order valence-corrected chi connectivity index (χ3v) is 10.6. The first kappa shape index (κ1) is 15.2. The number of rotatable bonds is 2. The average Bonchev–Trinajstić information content (AvgIpc) is 2.34. The van der Waals surface area contributed by atoms with Crippen molar-refractivity contribution in [2.75, 3.05) is 0 Å². The van der Waals surface area contributed by atoms with E-state index >= 15 is 0 Å². The van der Waals surface area contributed by atoms with Gasteiger partial charge in [-0.25, -0.2) is 0 Å². The van der Waals surface area contributed by atoms with Gasteiger partial charge in [0.25, 0.3) is 0 Å². The Morgan fingerprint density at radius 2 is 1.79 bits per heavy atom. The van der Waals surface area contributed by atoms with Crippen LogP contribution in [-0.4, -0.2) is 20.2 Å². The van der Waals surface area contributed by atoms with Crippen LogP contribution < -0.4 is 0 Å². The maximum Gasteiger partial charge on any atom is 0.192 e. The molecule has 2 saturated carbocycles. The zero-order chi connectivity index (χ0) is 14.6. The van der Waals surface area contributed by atoms with Crippen LogP contribution in [0.4, 0.5) is 0 Å². The van der Waals surface area contributed by atoms with Crippen LogP contribution >= 0.6 is 0 Å². The summed E-state index contributed by atoms with van der Waals surface area (Å²) in [5, 5.41) is 0.218. The van der Waals surface area contributed by atoms with Crippen LogP contribution in [0, 0.1) is 17.3 Å². The fourth-order valence-corrected chi connectivity index (χ4v) is 5.04. The van der Waals surface area contributed by atoms with E-state index in [2.05, 4.69) is 47.7 Å². The molecule has 2 aliphatic carbocycles. The van der Waals surface area contributed by atoms with Crippen LogP contribution in [0.3, 0.4) is 0 Å².